The zero-order valence-electron chi connectivity index (χ0n) is 19.7. The van der Waals surface area contributed by atoms with Crippen molar-refractivity contribution in [2.75, 3.05) is 13.2 Å². The van der Waals surface area contributed by atoms with Crippen LogP contribution in [0.3, 0.4) is 0 Å². The van der Waals surface area contributed by atoms with E-state index < -0.39 is 23.0 Å². The third kappa shape index (κ3) is 4.48. The molecule has 1 saturated heterocycles. The van der Waals surface area contributed by atoms with Gasteiger partial charge in [0.05, 0.1) is 18.8 Å². The summed E-state index contributed by atoms with van der Waals surface area (Å²) >= 11 is 0. The van der Waals surface area contributed by atoms with Gasteiger partial charge in [-0.25, -0.2) is 0 Å². The van der Waals surface area contributed by atoms with Crippen molar-refractivity contribution < 1.29 is 23.9 Å². The quantitative estimate of drug-likeness (QED) is 0.449. The molecule has 0 aromatic rings. The van der Waals surface area contributed by atoms with Gasteiger partial charge in [0, 0.05) is 17.0 Å². The summed E-state index contributed by atoms with van der Waals surface area (Å²) in [6.07, 6.45) is 5.16. The largest absolute Gasteiger partial charge is 0.465 e. The Bertz CT molecular complexity index is 576. The van der Waals surface area contributed by atoms with Crippen LogP contribution < -0.4 is 0 Å². The molecule has 1 heterocycles. The van der Waals surface area contributed by atoms with E-state index in [2.05, 4.69) is 32.8 Å². The molecule has 6 heteroatoms. The van der Waals surface area contributed by atoms with Crippen molar-refractivity contribution in [3.63, 3.8) is 0 Å². The van der Waals surface area contributed by atoms with Crippen LogP contribution in [0.2, 0.25) is 0 Å². The van der Waals surface area contributed by atoms with Crippen molar-refractivity contribution in [1.82, 2.24) is 5.06 Å². The minimum absolute atomic E-state index is 0.131. The summed E-state index contributed by atoms with van der Waals surface area (Å²) in [5, 5.41) is 2.11. The number of hydrogen-bond donors (Lipinski definition) is 0. The smallest absolute Gasteiger partial charge is 0.323 e. The summed E-state index contributed by atoms with van der Waals surface area (Å²) in [4.78, 5) is 32.9. The topological polar surface area (TPSA) is 65.1 Å². The van der Waals surface area contributed by atoms with Crippen molar-refractivity contribution in [3.8, 4) is 0 Å². The third-order valence-electron chi connectivity index (χ3n) is 6.78. The van der Waals surface area contributed by atoms with Gasteiger partial charge in [0.25, 0.3) is 0 Å². The van der Waals surface area contributed by atoms with Gasteiger partial charge < -0.3 is 9.47 Å². The van der Waals surface area contributed by atoms with E-state index in [0.717, 1.165) is 32.1 Å². The second kappa shape index (κ2) is 8.54. The van der Waals surface area contributed by atoms with Gasteiger partial charge in [-0.1, -0.05) is 6.42 Å². The predicted molar refractivity (Wildman–Crippen MR) is 112 cm³/mol. The average molecular weight is 412 g/mol. The molecule has 168 valence electrons. The minimum atomic E-state index is -1.31. The lowest BCUT2D eigenvalue weighted by Crippen LogP contribution is -2.63. The highest BCUT2D eigenvalue weighted by atomic mass is 16.7. The van der Waals surface area contributed by atoms with E-state index in [-0.39, 0.29) is 30.2 Å². The van der Waals surface area contributed by atoms with Gasteiger partial charge in [0.1, 0.15) is 0 Å². The molecule has 0 spiro atoms. The van der Waals surface area contributed by atoms with Crippen LogP contribution in [0.1, 0.15) is 93.9 Å². The Morgan fingerprint density at radius 2 is 1.38 bits per heavy atom. The number of rotatable bonds is 7. The van der Waals surface area contributed by atoms with Crippen LogP contribution >= 0.6 is 0 Å². The molecule has 2 aliphatic rings. The molecule has 2 rings (SSSR count). The molecular formula is C23H41NO5. The van der Waals surface area contributed by atoms with Crippen molar-refractivity contribution in [2.24, 2.45) is 11.3 Å². The van der Waals surface area contributed by atoms with Crippen LogP contribution in [0.5, 0.6) is 0 Å². The van der Waals surface area contributed by atoms with Crippen LogP contribution in [0.15, 0.2) is 0 Å². The molecule has 2 fully saturated rings. The number of ether oxygens (including phenoxy) is 2. The zero-order chi connectivity index (χ0) is 22.1. The highest BCUT2D eigenvalue weighted by Gasteiger charge is 2.63. The van der Waals surface area contributed by atoms with Crippen LogP contribution in [-0.2, 0) is 23.9 Å². The highest BCUT2D eigenvalue weighted by molar-refractivity contribution is 6.01. The first kappa shape index (κ1) is 24.1. The standard InChI is InChI=1S/C23H41NO5/c1-9-27-18(25)23(19(26)28-10-2)16-11-13-17(23)22(7,8)29-24-20(3,4)14-12-15-21(24,5)6/h17H,9-16H2,1-8H3. The average Bonchev–Trinajstić information content (AvgIpc) is 3.06. The Hall–Kier alpha value is -1.14. The number of hydroxylamine groups is 2. The molecule has 1 aliphatic heterocycles. The first-order chi connectivity index (χ1) is 13.3. The lowest BCUT2D eigenvalue weighted by molar-refractivity contribution is -0.343. The number of piperidine rings is 1. The van der Waals surface area contributed by atoms with E-state index in [1.807, 2.05) is 13.8 Å². The molecule has 29 heavy (non-hydrogen) atoms. The van der Waals surface area contributed by atoms with Crippen molar-refractivity contribution >= 4 is 11.9 Å². The zero-order valence-corrected chi connectivity index (χ0v) is 19.7. The fraction of sp³-hybridized carbons (Fsp3) is 0.913. The molecule has 0 aromatic carbocycles. The van der Waals surface area contributed by atoms with Crippen LogP contribution in [0.25, 0.3) is 0 Å². The van der Waals surface area contributed by atoms with Crippen molar-refractivity contribution in [2.45, 2.75) is 111 Å². The van der Waals surface area contributed by atoms with Crippen LogP contribution in [0.4, 0.5) is 0 Å². The van der Waals surface area contributed by atoms with Gasteiger partial charge in [-0.2, -0.15) is 5.06 Å². The maximum atomic E-state index is 13.1. The van der Waals surface area contributed by atoms with Crippen LogP contribution in [0, 0.1) is 11.3 Å². The molecule has 0 N–H and O–H groups in total. The molecule has 1 unspecified atom stereocenters. The highest BCUT2D eigenvalue weighted by Crippen LogP contribution is 2.53. The van der Waals surface area contributed by atoms with Gasteiger partial charge in [-0.15, -0.1) is 0 Å². The van der Waals surface area contributed by atoms with Gasteiger partial charge in [-0.05, 0) is 87.5 Å². The predicted octanol–water partition coefficient (Wildman–Crippen LogP) is 4.65. The SMILES string of the molecule is CCOC(=O)C1(C(=O)OCC)CCCC1C(C)(C)ON1C(C)(C)CCCC1(C)C. The number of carbonyl (C=O) groups excluding carboxylic acids is 2. The molecule has 1 atom stereocenters. The Kier molecular flexibility index (Phi) is 7.11. The van der Waals surface area contributed by atoms with E-state index in [1.54, 1.807) is 13.8 Å². The first-order valence-corrected chi connectivity index (χ1v) is 11.2. The summed E-state index contributed by atoms with van der Waals surface area (Å²) in [6.45, 7) is 16.8. The Balaban J connectivity index is 2.42. The Labute approximate surface area is 176 Å². The number of hydrogen-bond acceptors (Lipinski definition) is 6. The Morgan fingerprint density at radius 1 is 0.897 bits per heavy atom. The molecular weight excluding hydrogens is 370 g/mol. The monoisotopic (exact) mass is 411 g/mol. The molecule has 0 radical (unpaired) electrons. The minimum Gasteiger partial charge on any atom is -0.465 e. The van der Waals surface area contributed by atoms with Crippen molar-refractivity contribution in [1.29, 1.82) is 0 Å². The molecule has 0 amide bonds. The third-order valence-corrected chi connectivity index (χ3v) is 6.78. The summed E-state index contributed by atoms with van der Waals surface area (Å²) in [5.41, 5.74) is -2.30. The van der Waals surface area contributed by atoms with Crippen molar-refractivity contribution in [3.05, 3.63) is 0 Å². The number of esters is 2. The maximum Gasteiger partial charge on any atom is 0.323 e. The second-order valence-electron chi connectivity index (χ2n) is 10.3. The number of nitrogens with zero attached hydrogens (tertiary/aromatic N) is 1. The van der Waals surface area contributed by atoms with E-state index in [1.165, 1.54) is 0 Å². The summed E-state index contributed by atoms with van der Waals surface area (Å²) < 4.78 is 10.8. The molecule has 1 aliphatic carbocycles. The second-order valence-corrected chi connectivity index (χ2v) is 10.3. The van der Waals surface area contributed by atoms with E-state index in [0.29, 0.717) is 6.42 Å². The van der Waals surface area contributed by atoms with Gasteiger partial charge >= 0.3 is 11.9 Å². The maximum absolute atomic E-state index is 13.1. The van der Waals surface area contributed by atoms with Gasteiger partial charge in [-0.3, -0.25) is 14.4 Å². The lowest BCUT2D eigenvalue weighted by Gasteiger charge is -2.55. The first-order valence-electron chi connectivity index (χ1n) is 11.2. The fourth-order valence-electron chi connectivity index (χ4n) is 5.56. The van der Waals surface area contributed by atoms with Gasteiger partial charge in [0.15, 0.2) is 5.41 Å². The van der Waals surface area contributed by atoms with Crippen LogP contribution in [-0.4, -0.2) is 46.9 Å². The van der Waals surface area contributed by atoms with Gasteiger partial charge in [0.2, 0.25) is 0 Å². The van der Waals surface area contributed by atoms with E-state index in [9.17, 15) is 9.59 Å². The summed E-state index contributed by atoms with van der Waals surface area (Å²) in [6, 6.07) is 0. The Morgan fingerprint density at radius 3 is 1.83 bits per heavy atom. The summed E-state index contributed by atoms with van der Waals surface area (Å²) in [5.74, 6) is -1.27. The molecule has 6 nitrogen and oxygen atoms in total. The van der Waals surface area contributed by atoms with E-state index in [4.69, 9.17) is 14.3 Å². The molecule has 1 saturated carbocycles. The van der Waals surface area contributed by atoms with E-state index >= 15 is 0 Å². The molecule has 0 aromatic heterocycles. The lowest BCUT2D eigenvalue weighted by atomic mass is 9.70. The normalized spacial score (nSPS) is 26.1. The molecule has 0 bridgehead atoms. The number of carbonyl (C=O) groups is 2. The summed E-state index contributed by atoms with van der Waals surface area (Å²) in [7, 11) is 0. The fourth-order valence-corrected chi connectivity index (χ4v) is 5.56.